The standard InChI is InChI=1S/C19H24N4O2.C12H17N3O2/c1-14-10-15(7-8-20-14)11-21-16-4-3-9-23(13-16)17-5-6-18(22-12-17)19(24)25-2;1-17-12(16)11-5-4-10(7-14-11)15-6-2-3-9(13)8-15/h5-8,10,12,16,21H,3-4,9,11,13H2,1-2H3;4-5,7,9H,2-3,6,8,13H2,1H3/t16-;9-/m00/s1. The van der Waals surface area contributed by atoms with E-state index in [2.05, 4.69) is 46.9 Å². The van der Waals surface area contributed by atoms with E-state index < -0.39 is 11.9 Å². The van der Waals surface area contributed by atoms with Crippen molar-refractivity contribution in [2.45, 2.75) is 51.2 Å². The number of hydrogen-bond donors (Lipinski definition) is 2. The number of methoxy groups -OCH3 is 2. The number of nitrogens with two attached hydrogens (primary N) is 1. The highest BCUT2D eigenvalue weighted by atomic mass is 16.5. The zero-order valence-electron chi connectivity index (χ0n) is 24.7. The number of ether oxygens (including phenoxy) is 2. The molecule has 2 atom stereocenters. The highest BCUT2D eigenvalue weighted by Gasteiger charge is 2.21. The molecule has 2 aliphatic rings. The summed E-state index contributed by atoms with van der Waals surface area (Å²) in [5, 5.41) is 3.64. The first-order valence-electron chi connectivity index (χ1n) is 14.4. The van der Waals surface area contributed by atoms with Crippen LogP contribution in [0, 0.1) is 6.92 Å². The fourth-order valence-electron chi connectivity index (χ4n) is 5.20. The van der Waals surface area contributed by atoms with Gasteiger partial charge in [0.15, 0.2) is 0 Å². The summed E-state index contributed by atoms with van der Waals surface area (Å²) in [6, 6.07) is 12.1. The van der Waals surface area contributed by atoms with Gasteiger partial charge in [-0.3, -0.25) is 4.98 Å². The van der Waals surface area contributed by atoms with E-state index in [-0.39, 0.29) is 6.04 Å². The van der Waals surface area contributed by atoms with E-state index >= 15 is 0 Å². The maximum Gasteiger partial charge on any atom is 0.356 e. The zero-order valence-corrected chi connectivity index (χ0v) is 24.7. The highest BCUT2D eigenvalue weighted by molar-refractivity contribution is 5.87. The van der Waals surface area contributed by atoms with Crippen molar-refractivity contribution < 1.29 is 19.1 Å². The zero-order chi connectivity index (χ0) is 29.9. The van der Waals surface area contributed by atoms with Gasteiger partial charge in [-0.1, -0.05) is 0 Å². The van der Waals surface area contributed by atoms with Crippen molar-refractivity contribution in [1.82, 2.24) is 20.3 Å². The van der Waals surface area contributed by atoms with E-state index in [9.17, 15) is 9.59 Å². The van der Waals surface area contributed by atoms with Crippen LogP contribution < -0.4 is 20.9 Å². The van der Waals surface area contributed by atoms with Crippen molar-refractivity contribution in [1.29, 1.82) is 0 Å². The van der Waals surface area contributed by atoms with Crippen LogP contribution in [0.2, 0.25) is 0 Å². The van der Waals surface area contributed by atoms with Crippen LogP contribution in [-0.4, -0.2) is 79.4 Å². The number of aryl methyl sites for hydroxylation is 1. The Morgan fingerprint density at radius 1 is 0.881 bits per heavy atom. The molecule has 224 valence electrons. The molecule has 3 aromatic heterocycles. The minimum absolute atomic E-state index is 0.226. The minimum Gasteiger partial charge on any atom is -0.464 e. The van der Waals surface area contributed by atoms with Crippen molar-refractivity contribution in [2.75, 3.05) is 50.2 Å². The third kappa shape index (κ3) is 8.70. The van der Waals surface area contributed by atoms with Gasteiger partial charge in [0.05, 0.1) is 38.0 Å². The average molecular weight is 576 g/mol. The number of piperidine rings is 2. The van der Waals surface area contributed by atoms with Crippen LogP contribution in [0.5, 0.6) is 0 Å². The summed E-state index contributed by atoms with van der Waals surface area (Å²) in [6.07, 6.45) is 9.77. The van der Waals surface area contributed by atoms with E-state index in [1.165, 1.54) is 19.8 Å². The molecule has 5 heterocycles. The van der Waals surface area contributed by atoms with Crippen LogP contribution in [-0.2, 0) is 16.0 Å². The number of esters is 2. The SMILES string of the molecule is COC(=O)c1ccc(N2CCC[C@H](N)C2)cn1.COC(=O)c1ccc(N2CCC[C@H](NCc3ccnc(C)c3)C2)cn1. The van der Waals surface area contributed by atoms with Gasteiger partial charge in [0, 0.05) is 56.7 Å². The molecule has 0 radical (unpaired) electrons. The molecule has 2 fully saturated rings. The first-order chi connectivity index (χ1) is 20.4. The van der Waals surface area contributed by atoms with Crippen molar-refractivity contribution in [3.05, 3.63) is 77.6 Å². The van der Waals surface area contributed by atoms with Gasteiger partial charge in [-0.2, -0.15) is 0 Å². The van der Waals surface area contributed by atoms with E-state index in [0.717, 1.165) is 75.5 Å². The molecule has 0 bridgehead atoms. The summed E-state index contributed by atoms with van der Waals surface area (Å²) < 4.78 is 9.30. The quantitative estimate of drug-likeness (QED) is 0.402. The number of carbonyl (C=O) groups is 2. The Morgan fingerprint density at radius 3 is 2.00 bits per heavy atom. The van der Waals surface area contributed by atoms with Gasteiger partial charge in [0.25, 0.3) is 0 Å². The van der Waals surface area contributed by atoms with E-state index in [0.29, 0.717) is 17.4 Å². The Kier molecular flexibility index (Phi) is 11.2. The molecule has 5 rings (SSSR count). The first kappa shape index (κ1) is 30.9. The third-order valence-corrected chi connectivity index (χ3v) is 7.45. The van der Waals surface area contributed by atoms with Gasteiger partial charge >= 0.3 is 11.9 Å². The van der Waals surface area contributed by atoms with Crippen LogP contribution in [0.1, 0.15) is 57.9 Å². The predicted octanol–water partition coefficient (Wildman–Crippen LogP) is 3.13. The lowest BCUT2D eigenvalue weighted by Crippen LogP contribution is -2.45. The van der Waals surface area contributed by atoms with Crippen molar-refractivity contribution in [2.24, 2.45) is 5.73 Å². The van der Waals surface area contributed by atoms with Crippen molar-refractivity contribution >= 4 is 23.3 Å². The number of aromatic nitrogens is 3. The van der Waals surface area contributed by atoms with Crippen LogP contribution in [0.25, 0.3) is 0 Å². The maximum absolute atomic E-state index is 11.5. The summed E-state index contributed by atoms with van der Waals surface area (Å²) in [6.45, 7) is 6.64. The number of carbonyl (C=O) groups excluding carboxylic acids is 2. The van der Waals surface area contributed by atoms with Gasteiger partial charge in [-0.05, 0) is 74.6 Å². The van der Waals surface area contributed by atoms with Crippen LogP contribution >= 0.6 is 0 Å². The molecule has 2 aliphatic heterocycles. The molecule has 11 nitrogen and oxygen atoms in total. The molecule has 0 spiro atoms. The summed E-state index contributed by atoms with van der Waals surface area (Å²) >= 11 is 0. The second kappa shape index (κ2) is 15.2. The molecule has 0 unspecified atom stereocenters. The Hall–Kier alpha value is -4.09. The van der Waals surface area contributed by atoms with Crippen molar-refractivity contribution in [3.63, 3.8) is 0 Å². The third-order valence-electron chi connectivity index (χ3n) is 7.45. The summed E-state index contributed by atoms with van der Waals surface area (Å²) in [4.78, 5) is 39.8. The Labute approximate surface area is 247 Å². The molecule has 0 aliphatic carbocycles. The van der Waals surface area contributed by atoms with E-state index in [1.807, 2.05) is 25.3 Å². The lowest BCUT2D eigenvalue weighted by atomic mass is 10.0. The lowest BCUT2D eigenvalue weighted by molar-refractivity contribution is 0.0585. The van der Waals surface area contributed by atoms with Gasteiger partial charge in [0.1, 0.15) is 11.4 Å². The highest BCUT2D eigenvalue weighted by Crippen LogP contribution is 2.20. The predicted molar refractivity (Wildman–Crippen MR) is 162 cm³/mol. The van der Waals surface area contributed by atoms with Crippen molar-refractivity contribution in [3.8, 4) is 0 Å². The normalized spacial score (nSPS) is 18.5. The Morgan fingerprint density at radius 2 is 1.48 bits per heavy atom. The van der Waals surface area contributed by atoms with E-state index in [1.54, 1.807) is 24.5 Å². The Balaban J connectivity index is 0.000000208. The van der Waals surface area contributed by atoms with Crippen LogP contribution in [0.15, 0.2) is 55.0 Å². The van der Waals surface area contributed by atoms with Gasteiger partial charge in [-0.15, -0.1) is 0 Å². The smallest absolute Gasteiger partial charge is 0.356 e. The number of anilines is 2. The molecule has 0 amide bonds. The topological polar surface area (TPSA) is 136 Å². The molecule has 0 saturated carbocycles. The molecular formula is C31H41N7O4. The number of rotatable bonds is 7. The van der Waals surface area contributed by atoms with Gasteiger partial charge < -0.3 is 30.3 Å². The first-order valence-corrected chi connectivity index (χ1v) is 14.4. The summed E-state index contributed by atoms with van der Waals surface area (Å²) in [5.41, 5.74) is 10.9. The molecular weight excluding hydrogens is 534 g/mol. The summed E-state index contributed by atoms with van der Waals surface area (Å²) in [7, 11) is 2.71. The molecule has 3 aromatic rings. The second-order valence-electron chi connectivity index (χ2n) is 10.6. The number of pyridine rings is 3. The monoisotopic (exact) mass is 575 g/mol. The number of hydrogen-bond acceptors (Lipinski definition) is 11. The largest absolute Gasteiger partial charge is 0.464 e. The molecule has 3 N–H and O–H groups in total. The van der Waals surface area contributed by atoms with Gasteiger partial charge in [0.2, 0.25) is 0 Å². The van der Waals surface area contributed by atoms with Crippen LogP contribution in [0.4, 0.5) is 11.4 Å². The van der Waals surface area contributed by atoms with E-state index in [4.69, 9.17) is 10.5 Å². The molecule has 0 aromatic carbocycles. The second-order valence-corrected chi connectivity index (χ2v) is 10.6. The fourth-order valence-corrected chi connectivity index (χ4v) is 5.20. The van der Waals surface area contributed by atoms with Gasteiger partial charge in [-0.25, -0.2) is 19.6 Å². The number of nitrogens with one attached hydrogen (secondary N) is 1. The molecule has 11 heteroatoms. The number of nitrogens with zero attached hydrogens (tertiary/aromatic N) is 5. The summed E-state index contributed by atoms with van der Waals surface area (Å²) in [5.74, 6) is -0.815. The molecule has 2 saturated heterocycles. The minimum atomic E-state index is -0.410. The Bertz CT molecular complexity index is 1300. The van der Waals surface area contributed by atoms with Crippen LogP contribution in [0.3, 0.4) is 0 Å². The lowest BCUT2D eigenvalue weighted by Gasteiger charge is -2.34. The average Bonchev–Trinajstić information content (AvgIpc) is 3.03. The maximum atomic E-state index is 11.5. The fraction of sp³-hybridized carbons (Fsp3) is 0.452. The molecule has 42 heavy (non-hydrogen) atoms.